The van der Waals surface area contributed by atoms with Gasteiger partial charge in [0.25, 0.3) is 0 Å². The molecule has 17 heavy (non-hydrogen) atoms. The predicted molar refractivity (Wildman–Crippen MR) is 76.2 cm³/mol. The summed E-state index contributed by atoms with van der Waals surface area (Å²) < 4.78 is 14.0. The van der Waals surface area contributed by atoms with E-state index in [0.29, 0.717) is 12.5 Å². The molecule has 1 aromatic rings. The van der Waals surface area contributed by atoms with Gasteiger partial charge in [-0.3, -0.25) is 0 Å². The van der Waals surface area contributed by atoms with Crippen LogP contribution in [0.25, 0.3) is 0 Å². The van der Waals surface area contributed by atoms with Crippen LogP contribution in [0, 0.1) is 5.92 Å². The first-order valence-corrected chi connectivity index (χ1v) is 8.43. The third-order valence-electron chi connectivity index (χ3n) is 3.58. The van der Waals surface area contributed by atoms with Gasteiger partial charge in [-0.05, 0) is 50.6 Å². The van der Waals surface area contributed by atoms with Crippen molar-refractivity contribution < 1.29 is 9.47 Å². The molecule has 1 saturated carbocycles. The van der Waals surface area contributed by atoms with Gasteiger partial charge < -0.3 is 9.47 Å². The van der Waals surface area contributed by atoms with E-state index in [1.165, 1.54) is 32.1 Å². The van der Waals surface area contributed by atoms with Crippen LogP contribution in [0.4, 0.5) is 0 Å². The summed E-state index contributed by atoms with van der Waals surface area (Å²) in [5.74, 6) is 2.43. The average Bonchev–Trinajstić information content (AvgIpc) is 2.66. The fraction of sp³-hybridized carbons (Fsp3) is 0.667. The minimum absolute atomic E-state index is 0.237. The summed E-state index contributed by atoms with van der Waals surface area (Å²) in [6.07, 6.45) is 6.86. The molecule has 5 heteroatoms. The van der Waals surface area contributed by atoms with Crippen LogP contribution in [0.1, 0.15) is 32.1 Å². The monoisotopic (exact) mass is 380 g/mol. The summed E-state index contributed by atoms with van der Waals surface area (Å²) in [5.41, 5.74) is 0. The highest BCUT2D eigenvalue weighted by molar-refractivity contribution is 9.12. The maximum Gasteiger partial charge on any atom is 0.188 e. The van der Waals surface area contributed by atoms with Crippen molar-refractivity contribution >= 4 is 43.2 Å². The molecule has 2 heterocycles. The lowest BCUT2D eigenvalue weighted by molar-refractivity contribution is 0.0340. The van der Waals surface area contributed by atoms with Crippen LogP contribution in [-0.4, -0.2) is 12.7 Å². The normalized spacial score (nSPS) is 24.9. The zero-order valence-electron chi connectivity index (χ0n) is 9.38. The molecular weight excluding hydrogens is 368 g/mol. The van der Waals surface area contributed by atoms with Crippen molar-refractivity contribution in [2.75, 3.05) is 6.61 Å². The van der Waals surface area contributed by atoms with Gasteiger partial charge >= 0.3 is 0 Å². The van der Waals surface area contributed by atoms with Gasteiger partial charge in [0.1, 0.15) is 20.3 Å². The van der Waals surface area contributed by atoms with Crippen molar-refractivity contribution in [2.24, 2.45) is 5.92 Å². The summed E-state index contributed by atoms with van der Waals surface area (Å²) in [6.45, 7) is 0.694. The second kappa shape index (κ2) is 5.10. The highest BCUT2D eigenvalue weighted by Gasteiger charge is 2.33. The van der Waals surface area contributed by atoms with Crippen LogP contribution < -0.4 is 9.47 Å². The molecule has 1 fully saturated rings. The Morgan fingerprint density at radius 3 is 2.47 bits per heavy atom. The molecule has 2 aliphatic rings. The van der Waals surface area contributed by atoms with Crippen molar-refractivity contribution in [2.45, 2.75) is 38.2 Å². The maximum atomic E-state index is 6.13. The Morgan fingerprint density at radius 1 is 1.00 bits per heavy atom. The number of rotatable bonds is 1. The van der Waals surface area contributed by atoms with E-state index in [0.717, 1.165) is 19.1 Å². The summed E-state index contributed by atoms with van der Waals surface area (Å²) in [6, 6.07) is 0. The minimum atomic E-state index is 0.237. The summed E-state index contributed by atoms with van der Waals surface area (Å²) in [7, 11) is 0. The second-order valence-corrected chi connectivity index (χ2v) is 8.33. The lowest BCUT2D eigenvalue weighted by Gasteiger charge is -2.33. The number of hydrogen-bond acceptors (Lipinski definition) is 3. The van der Waals surface area contributed by atoms with Gasteiger partial charge in [0.2, 0.25) is 0 Å². The third-order valence-corrected chi connectivity index (χ3v) is 6.00. The average molecular weight is 382 g/mol. The van der Waals surface area contributed by atoms with Gasteiger partial charge in [-0.25, -0.2) is 0 Å². The van der Waals surface area contributed by atoms with Crippen molar-refractivity contribution in [3.63, 3.8) is 0 Å². The lowest BCUT2D eigenvalue weighted by atomic mass is 9.85. The maximum absolute atomic E-state index is 6.13. The van der Waals surface area contributed by atoms with Crippen molar-refractivity contribution in [3.05, 3.63) is 7.57 Å². The van der Waals surface area contributed by atoms with E-state index < -0.39 is 0 Å². The number of fused-ring (bicyclic) bond motifs is 1. The summed E-state index contributed by atoms with van der Waals surface area (Å²) in [5, 5.41) is 0. The molecule has 94 valence electrons. The third kappa shape index (κ3) is 2.38. The Morgan fingerprint density at radius 2 is 1.71 bits per heavy atom. The topological polar surface area (TPSA) is 18.5 Å². The van der Waals surface area contributed by atoms with Crippen LogP contribution in [0.2, 0.25) is 0 Å². The van der Waals surface area contributed by atoms with E-state index in [2.05, 4.69) is 31.9 Å². The number of thiophene rings is 1. The van der Waals surface area contributed by atoms with Crippen molar-refractivity contribution in [1.82, 2.24) is 0 Å². The van der Waals surface area contributed by atoms with Gasteiger partial charge in [0.15, 0.2) is 11.5 Å². The molecular formula is C12H14Br2O2S. The Hall–Kier alpha value is 0.260. The van der Waals surface area contributed by atoms with E-state index in [9.17, 15) is 0 Å². The quantitative estimate of drug-likeness (QED) is 0.681. The molecule has 0 bridgehead atoms. The molecule has 0 N–H and O–H groups in total. The Kier molecular flexibility index (Phi) is 3.69. The fourth-order valence-corrected chi connectivity index (χ4v) is 5.49. The first-order valence-electron chi connectivity index (χ1n) is 6.03. The van der Waals surface area contributed by atoms with Crippen LogP contribution in [0.5, 0.6) is 11.5 Å². The molecule has 1 aliphatic carbocycles. The molecule has 0 aromatic carbocycles. The molecule has 0 saturated heterocycles. The van der Waals surface area contributed by atoms with E-state index in [-0.39, 0.29) is 6.10 Å². The molecule has 1 aromatic heterocycles. The molecule has 0 spiro atoms. The number of halogens is 2. The molecule has 0 radical (unpaired) electrons. The minimum Gasteiger partial charge on any atom is -0.484 e. The van der Waals surface area contributed by atoms with Crippen LogP contribution in [0.3, 0.4) is 0 Å². The van der Waals surface area contributed by atoms with Gasteiger partial charge in [-0.15, -0.1) is 11.3 Å². The highest BCUT2D eigenvalue weighted by atomic mass is 79.9. The van der Waals surface area contributed by atoms with Crippen molar-refractivity contribution in [3.8, 4) is 11.5 Å². The van der Waals surface area contributed by atoms with Gasteiger partial charge in [0.05, 0.1) is 0 Å². The second-order valence-electron chi connectivity index (χ2n) is 4.67. The molecule has 2 nitrogen and oxygen atoms in total. The zero-order valence-corrected chi connectivity index (χ0v) is 13.4. The number of ether oxygens (including phenoxy) is 2. The van der Waals surface area contributed by atoms with Gasteiger partial charge in [0, 0.05) is 0 Å². The van der Waals surface area contributed by atoms with Crippen LogP contribution in [-0.2, 0) is 0 Å². The smallest absolute Gasteiger partial charge is 0.188 e. The Balaban J connectivity index is 1.77. The first kappa shape index (κ1) is 12.3. The highest BCUT2D eigenvalue weighted by Crippen LogP contribution is 2.51. The summed E-state index contributed by atoms with van der Waals surface area (Å²) in [4.78, 5) is 0. The van der Waals surface area contributed by atoms with E-state index in [1.807, 2.05) is 0 Å². The van der Waals surface area contributed by atoms with E-state index in [1.54, 1.807) is 11.3 Å². The zero-order chi connectivity index (χ0) is 11.8. The van der Waals surface area contributed by atoms with Crippen molar-refractivity contribution in [1.29, 1.82) is 0 Å². The van der Waals surface area contributed by atoms with Crippen LogP contribution >= 0.6 is 43.2 Å². The fourth-order valence-electron chi connectivity index (χ4n) is 2.66. The first-order chi connectivity index (χ1) is 8.25. The SMILES string of the molecule is Brc1sc(Br)c2c1OCC(C1CCCCC1)O2. The lowest BCUT2D eigenvalue weighted by Crippen LogP contribution is -2.36. The van der Waals surface area contributed by atoms with Crippen LogP contribution in [0.15, 0.2) is 7.57 Å². The largest absolute Gasteiger partial charge is 0.484 e. The van der Waals surface area contributed by atoms with E-state index >= 15 is 0 Å². The molecule has 1 aliphatic heterocycles. The number of hydrogen-bond donors (Lipinski definition) is 0. The molecule has 3 rings (SSSR count). The van der Waals surface area contributed by atoms with Gasteiger partial charge in [-0.1, -0.05) is 19.3 Å². The summed E-state index contributed by atoms with van der Waals surface area (Å²) >= 11 is 8.66. The molecule has 0 amide bonds. The molecule has 1 atom stereocenters. The van der Waals surface area contributed by atoms with Gasteiger partial charge in [-0.2, -0.15) is 0 Å². The molecule has 1 unspecified atom stereocenters. The predicted octanol–water partition coefficient (Wildman–Crippen LogP) is 4.99. The standard InChI is InChI=1S/C12H14Br2O2S/c13-11-9-10(12(14)17-11)16-8(6-15-9)7-4-2-1-3-5-7/h7-8H,1-6H2. The van der Waals surface area contributed by atoms with E-state index in [4.69, 9.17) is 9.47 Å². The Bertz CT molecular complexity index is 413. The Labute approximate surface area is 122 Å².